The molecule has 0 aliphatic heterocycles. The third-order valence-corrected chi connectivity index (χ3v) is 6.76. The molecular weight excluding hydrogens is 436 g/mol. The average Bonchev–Trinajstić information content (AvgIpc) is 3.17. The Balaban J connectivity index is 1.28. The third-order valence-electron chi connectivity index (χ3n) is 6.76. The third kappa shape index (κ3) is 5.43. The topological polar surface area (TPSA) is 86.9 Å². The van der Waals surface area contributed by atoms with Gasteiger partial charge in [-0.3, -0.25) is 9.59 Å². The van der Waals surface area contributed by atoms with Crippen LogP contribution in [0.5, 0.6) is 0 Å². The first-order valence-electron chi connectivity index (χ1n) is 12.3. The second kappa shape index (κ2) is 10.1. The number of benzene rings is 3. The molecule has 2 unspecified atom stereocenters. The molecule has 178 valence electrons. The highest BCUT2D eigenvalue weighted by atomic mass is 16.2. The lowest BCUT2D eigenvalue weighted by atomic mass is 9.94. The van der Waals surface area contributed by atoms with E-state index >= 15 is 0 Å². The van der Waals surface area contributed by atoms with Crippen LogP contribution in [0, 0.1) is 11.8 Å². The summed E-state index contributed by atoms with van der Waals surface area (Å²) in [6.07, 6.45) is 5.48. The molecule has 1 aliphatic rings. The summed E-state index contributed by atoms with van der Waals surface area (Å²) >= 11 is 0. The smallest absolute Gasteiger partial charge is 0.255 e. The largest absolute Gasteiger partial charge is 0.338 e. The van der Waals surface area contributed by atoms with Gasteiger partial charge in [0, 0.05) is 28.4 Å². The van der Waals surface area contributed by atoms with E-state index in [1.54, 1.807) is 12.1 Å². The van der Waals surface area contributed by atoms with Crippen LogP contribution in [0.2, 0.25) is 0 Å². The summed E-state index contributed by atoms with van der Waals surface area (Å²) < 4.78 is 0. The summed E-state index contributed by atoms with van der Waals surface area (Å²) in [4.78, 5) is 33.4. The summed E-state index contributed by atoms with van der Waals surface area (Å²) in [6.45, 7) is 2.24. The second-order valence-electron chi connectivity index (χ2n) is 9.53. The summed E-state index contributed by atoms with van der Waals surface area (Å²) in [6, 6.07) is 22.5. The van der Waals surface area contributed by atoms with Crippen molar-refractivity contribution in [2.75, 3.05) is 10.6 Å². The van der Waals surface area contributed by atoms with Crippen LogP contribution < -0.4 is 10.6 Å². The van der Waals surface area contributed by atoms with Gasteiger partial charge < -0.3 is 15.6 Å². The number of nitrogens with one attached hydrogen (secondary N) is 3. The minimum absolute atomic E-state index is 0.0816. The lowest BCUT2D eigenvalue weighted by Gasteiger charge is -2.16. The number of H-pyrrole nitrogens is 1. The van der Waals surface area contributed by atoms with Crippen molar-refractivity contribution in [3.8, 4) is 11.4 Å². The number of para-hydroxylation sites is 1. The van der Waals surface area contributed by atoms with Crippen molar-refractivity contribution in [3.05, 3.63) is 78.4 Å². The van der Waals surface area contributed by atoms with Gasteiger partial charge >= 0.3 is 0 Å². The van der Waals surface area contributed by atoms with Crippen LogP contribution >= 0.6 is 0 Å². The Bertz CT molecular complexity index is 1330. The number of anilines is 2. The fourth-order valence-corrected chi connectivity index (χ4v) is 4.82. The first-order chi connectivity index (χ1) is 17.0. The van der Waals surface area contributed by atoms with E-state index in [-0.39, 0.29) is 17.7 Å². The molecule has 2 amide bonds. The van der Waals surface area contributed by atoms with Crippen molar-refractivity contribution in [1.29, 1.82) is 0 Å². The molecule has 1 heterocycles. The van der Waals surface area contributed by atoms with E-state index in [1.165, 1.54) is 12.8 Å². The van der Waals surface area contributed by atoms with Crippen molar-refractivity contribution < 1.29 is 9.59 Å². The van der Waals surface area contributed by atoms with Crippen LogP contribution in [-0.2, 0) is 4.79 Å². The normalized spacial score (nSPS) is 18.1. The number of fused-ring (bicyclic) bond motifs is 1. The molecule has 0 saturated heterocycles. The van der Waals surface area contributed by atoms with Crippen LogP contribution in [0.4, 0.5) is 11.4 Å². The molecule has 6 nitrogen and oxygen atoms in total. The highest BCUT2D eigenvalue weighted by molar-refractivity contribution is 6.04. The minimum atomic E-state index is -0.157. The van der Waals surface area contributed by atoms with Crippen molar-refractivity contribution in [2.24, 2.45) is 11.8 Å². The Morgan fingerprint density at radius 2 is 1.66 bits per heavy atom. The zero-order valence-corrected chi connectivity index (χ0v) is 19.9. The van der Waals surface area contributed by atoms with Crippen molar-refractivity contribution in [1.82, 2.24) is 9.97 Å². The summed E-state index contributed by atoms with van der Waals surface area (Å²) in [7, 11) is 0. The van der Waals surface area contributed by atoms with Gasteiger partial charge in [-0.2, -0.15) is 0 Å². The predicted molar refractivity (Wildman–Crippen MR) is 140 cm³/mol. The van der Waals surface area contributed by atoms with Crippen molar-refractivity contribution in [2.45, 2.75) is 39.0 Å². The van der Waals surface area contributed by atoms with Crippen LogP contribution in [0.3, 0.4) is 0 Å². The van der Waals surface area contributed by atoms with Crippen LogP contribution in [-0.4, -0.2) is 21.8 Å². The van der Waals surface area contributed by atoms with E-state index in [1.807, 2.05) is 60.7 Å². The van der Waals surface area contributed by atoms with E-state index in [4.69, 9.17) is 0 Å². The van der Waals surface area contributed by atoms with E-state index in [2.05, 4.69) is 27.5 Å². The fraction of sp³-hybridized carbons (Fsp3) is 0.276. The monoisotopic (exact) mass is 466 g/mol. The molecule has 1 fully saturated rings. The van der Waals surface area contributed by atoms with Gasteiger partial charge in [-0.15, -0.1) is 0 Å². The molecule has 3 N–H and O–H groups in total. The van der Waals surface area contributed by atoms with E-state index in [0.717, 1.165) is 53.1 Å². The Morgan fingerprint density at radius 3 is 2.46 bits per heavy atom. The van der Waals surface area contributed by atoms with Crippen LogP contribution in [0.25, 0.3) is 22.4 Å². The van der Waals surface area contributed by atoms with E-state index in [9.17, 15) is 9.59 Å². The molecule has 0 radical (unpaired) electrons. The first-order valence-corrected chi connectivity index (χ1v) is 12.3. The molecule has 35 heavy (non-hydrogen) atoms. The number of rotatable bonds is 5. The number of aromatic amines is 1. The number of hydrogen-bond acceptors (Lipinski definition) is 3. The summed E-state index contributed by atoms with van der Waals surface area (Å²) in [5.74, 6) is 1.36. The highest BCUT2D eigenvalue weighted by Gasteiger charge is 2.23. The molecule has 1 aromatic heterocycles. The lowest BCUT2D eigenvalue weighted by molar-refractivity contribution is -0.120. The zero-order valence-electron chi connectivity index (χ0n) is 19.9. The molecule has 6 heteroatoms. The zero-order chi connectivity index (χ0) is 24.2. The van der Waals surface area contributed by atoms with Gasteiger partial charge in [-0.1, -0.05) is 56.5 Å². The molecule has 1 saturated carbocycles. The fourth-order valence-electron chi connectivity index (χ4n) is 4.82. The van der Waals surface area contributed by atoms with Gasteiger partial charge in [0.05, 0.1) is 11.0 Å². The maximum absolute atomic E-state index is 12.9. The Morgan fingerprint density at radius 1 is 0.886 bits per heavy atom. The number of aromatic nitrogens is 2. The second-order valence-corrected chi connectivity index (χ2v) is 9.53. The highest BCUT2D eigenvalue weighted by Crippen LogP contribution is 2.29. The number of hydrogen-bond donors (Lipinski definition) is 3. The molecule has 0 spiro atoms. The Labute approximate surface area is 205 Å². The van der Waals surface area contributed by atoms with Gasteiger partial charge in [0.1, 0.15) is 5.82 Å². The van der Waals surface area contributed by atoms with Gasteiger partial charge in [0.15, 0.2) is 0 Å². The van der Waals surface area contributed by atoms with E-state index in [0.29, 0.717) is 11.5 Å². The van der Waals surface area contributed by atoms with Gasteiger partial charge in [0.2, 0.25) is 5.91 Å². The van der Waals surface area contributed by atoms with Gasteiger partial charge in [0.25, 0.3) is 5.91 Å². The van der Waals surface area contributed by atoms with E-state index < -0.39 is 0 Å². The Kier molecular flexibility index (Phi) is 6.62. The number of imidazole rings is 1. The van der Waals surface area contributed by atoms with Crippen molar-refractivity contribution >= 4 is 34.2 Å². The van der Waals surface area contributed by atoms with Crippen LogP contribution in [0.1, 0.15) is 49.4 Å². The summed E-state index contributed by atoms with van der Waals surface area (Å²) in [5.41, 5.74) is 4.68. The van der Waals surface area contributed by atoms with Crippen molar-refractivity contribution in [3.63, 3.8) is 0 Å². The first kappa shape index (κ1) is 22.8. The number of nitrogens with zero attached hydrogens (tertiary/aromatic N) is 1. The molecule has 4 aromatic rings. The quantitative estimate of drug-likeness (QED) is 0.288. The summed E-state index contributed by atoms with van der Waals surface area (Å²) in [5, 5.41) is 6.00. The standard InChI is InChI=1S/C29H30N4O2/c1-19-7-5-6-8-22(17-19)29(35)31-24-15-16-25-26(18-24)33-27(32-25)20-11-13-21(14-12-20)28(34)30-23-9-3-2-4-10-23/h2-4,9-16,18-19,22H,5-8,17H2,1H3,(H,30,34)(H,31,35)(H,32,33). The molecule has 1 aliphatic carbocycles. The molecular formula is C29H30N4O2. The molecule has 3 aromatic carbocycles. The average molecular weight is 467 g/mol. The molecule has 2 atom stereocenters. The van der Waals surface area contributed by atoms with Crippen LogP contribution in [0.15, 0.2) is 72.8 Å². The van der Waals surface area contributed by atoms with Gasteiger partial charge in [-0.25, -0.2) is 4.98 Å². The minimum Gasteiger partial charge on any atom is -0.338 e. The lowest BCUT2D eigenvalue weighted by Crippen LogP contribution is -2.23. The number of carbonyl (C=O) groups excluding carboxylic acids is 2. The Hall–Kier alpha value is -3.93. The number of amides is 2. The SMILES string of the molecule is CC1CCCCC(C(=O)Nc2ccc3nc(-c4ccc(C(=O)Nc5ccccc5)cc4)[nH]c3c2)C1. The number of carbonyl (C=O) groups is 2. The molecule has 0 bridgehead atoms. The molecule has 5 rings (SSSR count). The maximum atomic E-state index is 12.9. The predicted octanol–water partition coefficient (Wildman–Crippen LogP) is 6.64. The maximum Gasteiger partial charge on any atom is 0.255 e. The van der Waals surface area contributed by atoms with Gasteiger partial charge in [-0.05, 0) is 61.2 Å².